The van der Waals surface area contributed by atoms with Crippen LogP contribution in [0.3, 0.4) is 0 Å². The van der Waals surface area contributed by atoms with Crippen molar-refractivity contribution in [2.75, 3.05) is 6.61 Å². The van der Waals surface area contributed by atoms with Crippen LogP contribution >= 0.6 is 0 Å². The van der Waals surface area contributed by atoms with Gasteiger partial charge in [-0.25, -0.2) is 4.79 Å². The van der Waals surface area contributed by atoms with E-state index < -0.39 is 128 Å². The zero-order valence-electron chi connectivity index (χ0n) is 39.6. The van der Waals surface area contributed by atoms with Crippen LogP contribution in [0.5, 0.6) is 0 Å². The SMILES string of the molecule is CC1OC(OC2C(O)C(CO)OC(OC3C(OC4CCC5(C)C(CCC6(C)C5CC=C5C7CC(C)(C)CCC7(C(=O)O)CCC56C)C4(C)C)OC(C(=O)O)C(O)C3O)C2O)C(O)C(O)C1O. The van der Waals surface area contributed by atoms with Gasteiger partial charge in [-0.05, 0) is 116 Å². The van der Waals surface area contributed by atoms with Gasteiger partial charge in [-0.1, -0.05) is 60.1 Å². The average molecular weight is 941 g/mol. The monoisotopic (exact) mass is 941 g/mol. The third-order valence-corrected chi connectivity index (χ3v) is 19.3. The van der Waals surface area contributed by atoms with Gasteiger partial charge in [-0.15, -0.1) is 0 Å². The highest BCUT2D eigenvalue weighted by Crippen LogP contribution is 2.76. The first-order chi connectivity index (χ1) is 30.7. The summed E-state index contributed by atoms with van der Waals surface area (Å²) in [6.07, 6.45) is -16.0. The molecule has 18 heteroatoms. The van der Waals surface area contributed by atoms with Gasteiger partial charge in [-0.2, -0.15) is 0 Å². The highest BCUT2D eigenvalue weighted by molar-refractivity contribution is 5.76. The summed E-state index contributed by atoms with van der Waals surface area (Å²) in [6.45, 7) is 16.6. The Morgan fingerprint density at radius 2 is 1.32 bits per heavy atom. The summed E-state index contributed by atoms with van der Waals surface area (Å²) in [5, 5.41) is 108. The lowest BCUT2D eigenvalue weighted by atomic mass is 9.33. The third-order valence-electron chi connectivity index (χ3n) is 19.3. The lowest BCUT2D eigenvalue weighted by molar-refractivity contribution is -0.388. The number of allylic oxidation sites excluding steroid dienone is 2. The van der Waals surface area contributed by atoms with Crippen LogP contribution in [0.15, 0.2) is 11.6 Å². The maximum absolute atomic E-state index is 13.1. The third kappa shape index (κ3) is 7.74. The smallest absolute Gasteiger partial charge is 0.335 e. The Bertz CT molecular complexity index is 1860. The van der Waals surface area contributed by atoms with Crippen LogP contribution in [0, 0.1) is 50.2 Å². The first-order valence-corrected chi connectivity index (χ1v) is 24.2. The summed E-state index contributed by atoms with van der Waals surface area (Å²) in [5.74, 6) is -1.86. The molecule has 8 rings (SSSR count). The molecule has 376 valence electrons. The first-order valence-electron chi connectivity index (χ1n) is 24.2. The summed E-state index contributed by atoms with van der Waals surface area (Å²) >= 11 is 0. The Balaban J connectivity index is 1.04. The lowest BCUT2D eigenvalue weighted by Crippen LogP contribution is -2.68. The highest BCUT2D eigenvalue weighted by Gasteiger charge is 2.70. The Labute approximate surface area is 386 Å². The van der Waals surface area contributed by atoms with E-state index in [1.54, 1.807) is 0 Å². The Hall–Kier alpha value is -1.88. The number of aliphatic hydroxyl groups is 8. The molecule has 5 aliphatic carbocycles. The minimum absolute atomic E-state index is 0.0136. The molecule has 18 nitrogen and oxygen atoms in total. The van der Waals surface area contributed by atoms with Crippen LogP contribution in [-0.2, 0) is 38.0 Å². The summed E-state index contributed by atoms with van der Waals surface area (Å²) in [5.41, 5.74) is -0.383. The van der Waals surface area contributed by atoms with Crippen LogP contribution in [0.25, 0.3) is 0 Å². The van der Waals surface area contributed by atoms with Gasteiger partial charge in [0, 0.05) is 0 Å². The predicted octanol–water partition coefficient (Wildman–Crippen LogP) is 1.83. The number of aliphatic hydroxyl groups excluding tert-OH is 8. The van der Waals surface area contributed by atoms with E-state index >= 15 is 0 Å². The van der Waals surface area contributed by atoms with Gasteiger partial charge >= 0.3 is 11.9 Å². The molecule has 3 saturated heterocycles. The number of carboxylic acids is 2. The molecule has 0 aromatic heterocycles. The second kappa shape index (κ2) is 17.5. The second-order valence-electron chi connectivity index (χ2n) is 23.5. The van der Waals surface area contributed by atoms with Crippen LogP contribution in [0.2, 0.25) is 0 Å². The van der Waals surface area contributed by atoms with E-state index in [1.165, 1.54) is 12.5 Å². The summed E-state index contributed by atoms with van der Waals surface area (Å²) < 4.78 is 35.9. The van der Waals surface area contributed by atoms with Gasteiger partial charge in [0.05, 0.1) is 24.2 Å². The molecule has 0 amide bonds. The average Bonchev–Trinajstić information content (AvgIpc) is 3.24. The molecule has 10 N–H and O–H groups in total. The number of ether oxygens (including phenoxy) is 6. The van der Waals surface area contributed by atoms with E-state index in [9.17, 15) is 60.7 Å². The molecule has 23 unspecified atom stereocenters. The van der Waals surface area contributed by atoms with Gasteiger partial charge in [-0.3, -0.25) is 4.79 Å². The van der Waals surface area contributed by atoms with Gasteiger partial charge in [0.15, 0.2) is 25.0 Å². The minimum atomic E-state index is -2.02. The highest BCUT2D eigenvalue weighted by atomic mass is 16.8. The fraction of sp³-hybridized carbons (Fsp3) is 0.917. The second-order valence-corrected chi connectivity index (χ2v) is 23.5. The summed E-state index contributed by atoms with van der Waals surface area (Å²) in [7, 11) is 0. The quantitative estimate of drug-likeness (QED) is 0.117. The fourth-order valence-electron chi connectivity index (χ4n) is 15.1. The van der Waals surface area contributed by atoms with Crippen molar-refractivity contribution in [2.45, 2.75) is 218 Å². The van der Waals surface area contributed by atoms with Gasteiger partial charge in [0.25, 0.3) is 0 Å². The van der Waals surface area contributed by atoms with E-state index in [-0.39, 0.29) is 39.4 Å². The molecule has 0 bridgehead atoms. The van der Waals surface area contributed by atoms with Crippen LogP contribution in [0.1, 0.15) is 120 Å². The van der Waals surface area contributed by atoms with E-state index in [2.05, 4.69) is 54.5 Å². The molecule has 4 saturated carbocycles. The topological polar surface area (TPSA) is 292 Å². The zero-order valence-corrected chi connectivity index (χ0v) is 39.6. The standard InChI is InChI=1S/C48H76O18/c1-21-28(50)30(52)33(55)39(61-21)64-35-29(51)24(20-49)62-40(34(35)56)66-37-32(54)31(53)36(38(57)58)65-41(37)63-27-12-13-45(6)25(44(27,4)5)11-14-47(8)26(45)10-9-22-23-19-43(2,3)15-17-48(23,42(59)60)18-16-46(22,47)7/h9,21,23-37,39-41,49-56H,10-20H2,1-8H3,(H,57,58)(H,59,60). The first kappa shape index (κ1) is 50.5. The molecular weight excluding hydrogens is 865 g/mol. The normalized spacial score (nSPS) is 53.3. The van der Waals surface area contributed by atoms with Crippen molar-refractivity contribution in [1.82, 2.24) is 0 Å². The molecule has 0 spiro atoms. The van der Waals surface area contributed by atoms with Crippen LogP contribution in [-0.4, -0.2) is 168 Å². The predicted molar refractivity (Wildman–Crippen MR) is 230 cm³/mol. The molecule has 23 atom stereocenters. The molecule has 7 fully saturated rings. The molecule has 66 heavy (non-hydrogen) atoms. The minimum Gasteiger partial charge on any atom is -0.481 e. The van der Waals surface area contributed by atoms with Gasteiger partial charge in [0.2, 0.25) is 0 Å². The van der Waals surface area contributed by atoms with E-state index in [4.69, 9.17) is 28.4 Å². The number of fused-ring (bicyclic) bond motifs is 7. The number of aliphatic carboxylic acids is 2. The molecule has 8 aliphatic rings. The van der Waals surface area contributed by atoms with Gasteiger partial charge < -0.3 is 79.5 Å². The van der Waals surface area contributed by atoms with E-state index in [0.29, 0.717) is 19.3 Å². The van der Waals surface area contributed by atoms with Crippen molar-refractivity contribution in [3.63, 3.8) is 0 Å². The number of rotatable bonds is 9. The van der Waals surface area contributed by atoms with Gasteiger partial charge in [0.1, 0.15) is 61.0 Å². The molecule has 3 heterocycles. The Kier molecular flexibility index (Phi) is 13.4. The number of hydrogen-bond donors (Lipinski definition) is 10. The summed E-state index contributed by atoms with van der Waals surface area (Å²) in [6, 6.07) is 0. The van der Waals surface area contributed by atoms with Crippen molar-refractivity contribution in [2.24, 2.45) is 50.2 Å². The number of hydrogen-bond acceptors (Lipinski definition) is 16. The number of carbonyl (C=O) groups is 2. The Morgan fingerprint density at radius 1 is 0.667 bits per heavy atom. The molecule has 3 aliphatic heterocycles. The van der Waals surface area contributed by atoms with Crippen molar-refractivity contribution in [1.29, 1.82) is 0 Å². The fourth-order valence-corrected chi connectivity index (χ4v) is 15.1. The van der Waals surface area contributed by atoms with E-state index in [0.717, 1.165) is 44.9 Å². The lowest BCUT2D eigenvalue weighted by Gasteiger charge is -2.71. The maximum atomic E-state index is 13.1. The number of carboxylic acid groups (broad SMARTS) is 2. The van der Waals surface area contributed by atoms with Crippen LogP contribution in [0.4, 0.5) is 0 Å². The van der Waals surface area contributed by atoms with Crippen molar-refractivity contribution >= 4 is 11.9 Å². The molecule has 0 aromatic carbocycles. The largest absolute Gasteiger partial charge is 0.481 e. The van der Waals surface area contributed by atoms with Crippen LogP contribution < -0.4 is 0 Å². The van der Waals surface area contributed by atoms with E-state index in [1.807, 2.05) is 0 Å². The molecular formula is C48H76O18. The van der Waals surface area contributed by atoms with Crippen molar-refractivity contribution in [3.05, 3.63) is 11.6 Å². The molecule has 0 aromatic rings. The van der Waals surface area contributed by atoms with Crippen molar-refractivity contribution in [3.8, 4) is 0 Å². The van der Waals surface area contributed by atoms with Crippen molar-refractivity contribution < 1.29 is 89.1 Å². The Morgan fingerprint density at radius 3 is 1.97 bits per heavy atom. The molecule has 0 radical (unpaired) electrons. The maximum Gasteiger partial charge on any atom is 0.335 e. The summed E-state index contributed by atoms with van der Waals surface area (Å²) in [4.78, 5) is 25.6. The zero-order chi connectivity index (χ0) is 48.4.